The molecule has 22 heavy (non-hydrogen) atoms. The molecule has 5 heteroatoms. The molecule has 0 spiro atoms. The average molecular weight is 329 g/mol. The van der Waals surface area contributed by atoms with Gasteiger partial charge in [0, 0.05) is 21.5 Å². The third kappa shape index (κ3) is 3.35. The lowest BCUT2D eigenvalue weighted by molar-refractivity contribution is 0.102. The van der Waals surface area contributed by atoms with Crippen molar-refractivity contribution in [2.75, 3.05) is 5.32 Å². The molecule has 2 aromatic carbocycles. The summed E-state index contributed by atoms with van der Waals surface area (Å²) in [6, 6.07) is 14.9. The van der Waals surface area contributed by atoms with E-state index in [9.17, 15) is 4.79 Å². The zero-order chi connectivity index (χ0) is 15.5. The van der Waals surface area contributed by atoms with E-state index >= 15 is 0 Å². The Labute approximate surface area is 137 Å². The summed E-state index contributed by atoms with van der Waals surface area (Å²) in [6.07, 6.45) is 0. The first kappa shape index (κ1) is 14.8. The van der Waals surface area contributed by atoms with Crippen molar-refractivity contribution in [1.82, 2.24) is 4.98 Å². The molecule has 0 saturated heterocycles. The minimum atomic E-state index is -0.193. The number of hydrogen-bond acceptors (Lipinski definition) is 3. The molecule has 0 fully saturated rings. The number of nitrogens with zero attached hydrogens (tertiary/aromatic N) is 1. The molecule has 3 aromatic rings. The van der Waals surface area contributed by atoms with Gasteiger partial charge in [-0.3, -0.25) is 10.1 Å². The number of hydrogen-bond donors (Lipinski definition) is 1. The summed E-state index contributed by atoms with van der Waals surface area (Å²) in [5, 5.41) is 5.92. The lowest BCUT2D eigenvalue weighted by Gasteiger charge is -2.01. The van der Waals surface area contributed by atoms with Crippen LogP contribution in [0.3, 0.4) is 0 Å². The molecular formula is C17H13ClN2OS. The maximum atomic E-state index is 12.1. The van der Waals surface area contributed by atoms with E-state index in [1.807, 2.05) is 36.6 Å². The Morgan fingerprint density at radius 3 is 2.45 bits per heavy atom. The predicted molar refractivity (Wildman–Crippen MR) is 91.7 cm³/mol. The van der Waals surface area contributed by atoms with Crippen LogP contribution in [-0.4, -0.2) is 10.9 Å². The fraction of sp³-hybridized carbons (Fsp3) is 0.0588. The van der Waals surface area contributed by atoms with Crippen molar-refractivity contribution < 1.29 is 4.79 Å². The zero-order valence-corrected chi connectivity index (χ0v) is 13.4. The van der Waals surface area contributed by atoms with E-state index in [4.69, 9.17) is 11.6 Å². The van der Waals surface area contributed by atoms with Gasteiger partial charge in [-0.2, -0.15) is 0 Å². The summed E-state index contributed by atoms with van der Waals surface area (Å²) < 4.78 is 0. The van der Waals surface area contributed by atoms with Gasteiger partial charge in [-0.25, -0.2) is 4.98 Å². The van der Waals surface area contributed by atoms with Crippen LogP contribution in [-0.2, 0) is 0 Å². The second-order valence-corrected chi connectivity index (χ2v) is 6.16. The summed E-state index contributed by atoms with van der Waals surface area (Å²) in [5.74, 6) is -0.193. The lowest BCUT2D eigenvalue weighted by atomic mass is 10.1. The van der Waals surface area contributed by atoms with Gasteiger partial charge in [0.2, 0.25) is 0 Å². The lowest BCUT2D eigenvalue weighted by Crippen LogP contribution is -2.11. The molecule has 0 radical (unpaired) electrons. The number of amides is 1. The van der Waals surface area contributed by atoms with Gasteiger partial charge < -0.3 is 0 Å². The maximum absolute atomic E-state index is 12.1. The Morgan fingerprint density at radius 2 is 1.77 bits per heavy atom. The van der Waals surface area contributed by atoms with E-state index < -0.39 is 0 Å². The van der Waals surface area contributed by atoms with Crippen molar-refractivity contribution in [1.29, 1.82) is 0 Å². The van der Waals surface area contributed by atoms with Crippen LogP contribution in [0.15, 0.2) is 53.9 Å². The van der Waals surface area contributed by atoms with Crippen molar-refractivity contribution in [3.05, 3.63) is 70.1 Å². The summed E-state index contributed by atoms with van der Waals surface area (Å²) >= 11 is 7.22. The number of carbonyl (C=O) groups is 1. The SMILES string of the molecule is Cc1ccc(-c2csc(NC(=O)c3ccc(Cl)cc3)n2)cc1. The van der Waals surface area contributed by atoms with Gasteiger partial charge in [0.15, 0.2) is 5.13 Å². The van der Waals surface area contributed by atoms with Crippen molar-refractivity contribution in [2.24, 2.45) is 0 Å². The Hall–Kier alpha value is -2.17. The molecule has 3 rings (SSSR count). The first-order valence-corrected chi connectivity index (χ1v) is 7.97. The third-order valence-electron chi connectivity index (χ3n) is 3.18. The number of nitrogens with one attached hydrogen (secondary N) is 1. The standard InChI is InChI=1S/C17H13ClN2OS/c1-11-2-4-12(5-3-11)15-10-22-17(19-15)20-16(21)13-6-8-14(18)9-7-13/h2-10H,1H3,(H,19,20,21). The highest BCUT2D eigenvalue weighted by molar-refractivity contribution is 7.14. The van der Waals surface area contributed by atoms with Crippen LogP contribution >= 0.6 is 22.9 Å². The smallest absolute Gasteiger partial charge is 0.257 e. The van der Waals surface area contributed by atoms with E-state index in [1.165, 1.54) is 16.9 Å². The molecule has 0 atom stereocenters. The summed E-state index contributed by atoms with van der Waals surface area (Å²) in [5.41, 5.74) is 3.65. The largest absolute Gasteiger partial charge is 0.298 e. The van der Waals surface area contributed by atoms with Crippen molar-refractivity contribution >= 4 is 34.0 Å². The van der Waals surface area contributed by atoms with Crippen LogP contribution in [0.2, 0.25) is 5.02 Å². The third-order valence-corrected chi connectivity index (χ3v) is 4.19. The van der Waals surface area contributed by atoms with E-state index in [2.05, 4.69) is 10.3 Å². The van der Waals surface area contributed by atoms with Gasteiger partial charge in [-0.05, 0) is 31.2 Å². The molecule has 1 amide bonds. The number of carbonyl (C=O) groups excluding carboxylic acids is 1. The van der Waals surface area contributed by atoms with Crippen LogP contribution in [0.5, 0.6) is 0 Å². The summed E-state index contributed by atoms with van der Waals surface area (Å²) in [6.45, 7) is 2.04. The molecule has 0 aliphatic heterocycles. The van der Waals surface area contributed by atoms with Gasteiger partial charge in [0.05, 0.1) is 5.69 Å². The van der Waals surface area contributed by atoms with Gasteiger partial charge >= 0.3 is 0 Å². The van der Waals surface area contributed by atoms with Crippen LogP contribution in [0.4, 0.5) is 5.13 Å². The van der Waals surface area contributed by atoms with E-state index in [0.717, 1.165) is 11.3 Å². The van der Waals surface area contributed by atoms with Gasteiger partial charge in [0.1, 0.15) is 0 Å². The number of benzene rings is 2. The molecule has 3 nitrogen and oxygen atoms in total. The topological polar surface area (TPSA) is 42.0 Å². The Balaban J connectivity index is 1.75. The molecule has 1 N–H and O–H groups in total. The molecule has 0 aliphatic rings. The highest BCUT2D eigenvalue weighted by Crippen LogP contribution is 2.25. The first-order valence-electron chi connectivity index (χ1n) is 6.71. The van der Waals surface area contributed by atoms with Crippen molar-refractivity contribution in [2.45, 2.75) is 6.92 Å². The maximum Gasteiger partial charge on any atom is 0.257 e. The molecule has 110 valence electrons. The molecule has 1 aromatic heterocycles. The Bertz CT molecular complexity index is 794. The van der Waals surface area contributed by atoms with Crippen LogP contribution in [0, 0.1) is 6.92 Å². The Morgan fingerprint density at radius 1 is 1.09 bits per heavy atom. The quantitative estimate of drug-likeness (QED) is 0.733. The number of aryl methyl sites for hydroxylation is 1. The first-order chi connectivity index (χ1) is 10.6. The van der Waals surface area contributed by atoms with Crippen LogP contribution in [0.1, 0.15) is 15.9 Å². The molecule has 0 unspecified atom stereocenters. The van der Waals surface area contributed by atoms with Gasteiger partial charge in [0.25, 0.3) is 5.91 Å². The predicted octanol–water partition coefficient (Wildman–Crippen LogP) is 5.02. The fourth-order valence-corrected chi connectivity index (χ4v) is 2.80. The Kier molecular flexibility index (Phi) is 4.22. The number of halogens is 1. The number of aromatic nitrogens is 1. The summed E-state index contributed by atoms with van der Waals surface area (Å²) in [7, 11) is 0. The molecular weight excluding hydrogens is 316 g/mol. The summed E-state index contributed by atoms with van der Waals surface area (Å²) in [4.78, 5) is 16.6. The second kappa shape index (κ2) is 6.30. The van der Waals surface area contributed by atoms with Crippen molar-refractivity contribution in [3.63, 3.8) is 0 Å². The number of thiazole rings is 1. The zero-order valence-electron chi connectivity index (χ0n) is 11.8. The molecule has 1 heterocycles. The van der Waals surface area contributed by atoms with E-state index in [1.54, 1.807) is 24.3 Å². The fourth-order valence-electron chi connectivity index (χ4n) is 1.96. The van der Waals surface area contributed by atoms with Crippen LogP contribution < -0.4 is 5.32 Å². The molecule has 0 saturated carbocycles. The highest BCUT2D eigenvalue weighted by Gasteiger charge is 2.09. The number of anilines is 1. The molecule has 0 bridgehead atoms. The van der Waals surface area contributed by atoms with Crippen LogP contribution in [0.25, 0.3) is 11.3 Å². The second-order valence-electron chi connectivity index (χ2n) is 4.86. The highest BCUT2D eigenvalue weighted by atomic mass is 35.5. The van der Waals surface area contributed by atoms with Gasteiger partial charge in [-0.15, -0.1) is 11.3 Å². The van der Waals surface area contributed by atoms with Crippen molar-refractivity contribution in [3.8, 4) is 11.3 Å². The minimum absolute atomic E-state index is 0.193. The minimum Gasteiger partial charge on any atom is -0.298 e. The monoisotopic (exact) mass is 328 g/mol. The van der Waals surface area contributed by atoms with Gasteiger partial charge in [-0.1, -0.05) is 41.4 Å². The molecule has 0 aliphatic carbocycles. The van der Waals surface area contributed by atoms with E-state index in [-0.39, 0.29) is 5.91 Å². The van der Waals surface area contributed by atoms with E-state index in [0.29, 0.717) is 15.7 Å². The average Bonchev–Trinajstić information content (AvgIpc) is 2.97. The number of rotatable bonds is 3. The normalized spacial score (nSPS) is 10.5.